The summed E-state index contributed by atoms with van der Waals surface area (Å²) in [5, 5.41) is 10.0. The molecule has 0 radical (unpaired) electrons. The highest BCUT2D eigenvalue weighted by Gasteiger charge is 2.38. The second-order valence-corrected chi connectivity index (χ2v) is 5.50. The Kier molecular flexibility index (Phi) is 4.56. The zero-order valence-electron chi connectivity index (χ0n) is 13.1. The molecule has 0 aliphatic heterocycles. The molecule has 116 valence electrons. The van der Waals surface area contributed by atoms with Crippen LogP contribution in [-0.4, -0.2) is 11.4 Å². The SMILES string of the molecule is CC(O)OC(c1ccccc1)(c1ccccc1)c1ccccc1. The zero-order chi connectivity index (χ0) is 16.1. The summed E-state index contributed by atoms with van der Waals surface area (Å²) in [6.07, 6.45) is -0.907. The quantitative estimate of drug-likeness (QED) is 0.561. The van der Waals surface area contributed by atoms with Gasteiger partial charge in [0.15, 0.2) is 6.29 Å². The molecule has 1 unspecified atom stereocenters. The van der Waals surface area contributed by atoms with Crippen LogP contribution < -0.4 is 0 Å². The predicted molar refractivity (Wildman–Crippen MR) is 92.0 cm³/mol. The van der Waals surface area contributed by atoms with Gasteiger partial charge in [-0.3, -0.25) is 0 Å². The van der Waals surface area contributed by atoms with Crippen LogP contribution in [0.15, 0.2) is 91.0 Å². The van der Waals surface area contributed by atoms with Crippen molar-refractivity contribution in [3.05, 3.63) is 108 Å². The second-order valence-electron chi connectivity index (χ2n) is 5.50. The summed E-state index contributed by atoms with van der Waals surface area (Å²) in [5.74, 6) is 0. The van der Waals surface area contributed by atoms with Gasteiger partial charge in [0.05, 0.1) is 0 Å². The van der Waals surface area contributed by atoms with Gasteiger partial charge in [-0.1, -0.05) is 91.0 Å². The van der Waals surface area contributed by atoms with E-state index in [0.717, 1.165) is 16.7 Å². The minimum atomic E-state index is -0.907. The summed E-state index contributed by atoms with van der Waals surface area (Å²) in [6.45, 7) is 1.64. The third-order valence-electron chi connectivity index (χ3n) is 3.89. The maximum Gasteiger partial charge on any atom is 0.153 e. The third kappa shape index (κ3) is 3.04. The Hall–Kier alpha value is -2.42. The molecule has 3 aromatic rings. The fraction of sp³-hybridized carbons (Fsp3) is 0.143. The van der Waals surface area contributed by atoms with Crippen molar-refractivity contribution in [2.45, 2.75) is 18.8 Å². The molecule has 0 fully saturated rings. The van der Waals surface area contributed by atoms with Gasteiger partial charge in [0.1, 0.15) is 5.60 Å². The molecule has 0 spiro atoms. The van der Waals surface area contributed by atoms with E-state index in [9.17, 15) is 5.11 Å². The summed E-state index contributed by atoms with van der Waals surface area (Å²) in [5.41, 5.74) is 2.10. The van der Waals surface area contributed by atoms with Gasteiger partial charge in [-0.25, -0.2) is 0 Å². The Bertz CT molecular complexity index is 625. The number of rotatable bonds is 5. The van der Waals surface area contributed by atoms with Crippen LogP contribution in [0.4, 0.5) is 0 Å². The second kappa shape index (κ2) is 6.78. The first kappa shape index (κ1) is 15.5. The van der Waals surface area contributed by atoms with E-state index in [1.165, 1.54) is 0 Å². The van der Waals surface area contributed by atoms with Gasteiger partial charge in [0, 0.05) is 0 Å². The molecule has 2 heteroatoms. The van der Waals surface area contributed by atoms with Gasteiger partial charge >= 0.3 is 0 Å². The molecule has 23 heavy (non-hydrogen) atoms. The van der Waals surface area contributed by atoms with E-state index in [4.69, 9.17) is 4.74 Å². The summed E-state index contributed by atoms with van der Waals surface area (Å²) < 4.78 is 6.15. The van der Waals surface area contributed by atoms with Gasteiger partial charge in [0.2, 0.25) is 0 Å². The summed E-state index contributed by atoms with van der Waals surface area (Å²) in [6, 6.07) is 30.0. The van der Waals surface area contributed by atoms with Crippen LogP contribution in [0, 0.1) is 0 Å². The summed E-state index contributed by atoms with van der Waals surface area (Å²) in [4.78, 5) is 0. The normalized spacial score (nSPS) is 12.8. The van der Waals surface area contributed by atoms with Crippen molar-refractivity contribution < 1.29 is 9.84 Å². The number of hydrogen-bond donors (Lipinski definition) is 1. The van der Waals surface area contributed by atoms with Crippen LogP contribution in [0.5, 0.6) is 0 Å². The van der Waals surface area contributed by atoms with Crippen LogP contribution in [0.1, 0.15) is 23.6 Å². The maximum absolute atomic E-state index is 10.0. The Morgan fingerprint density at radius 1 is 0.652 bits per heavy atom. The van der Waals surface area contributed by atoms with E-state index < -0.39 is 11.9 Å². The van der Waals surface area contributed by atoms with Gasteiger partial charge < -0.3 is 9.84 Å². The Morgan fingerprint density at radius 2 is 0.957 bits per heavy atom. The van der Waals surface area contributed by atoms with Gasteiger partial charge in [0.25, 0.3) is 0 Å². The largest absolute Gasteiger partial charge is 0.368 e. The monoisotopic (exact) mass is 304 g/mol. The van der Waals surface area contributed by atoms with Crippen molar-refractivity contribution in [1.29, 1.82) is 0 Å². The van der Waals surface area contributed by atoms with Crippen LogP contribution in [0.3, 0.4) is 0 Å². The molecule has 0 aliphatic carbocycles. The fourth-order valence-electron chi connectivity index (χ4n) is 2.98. The number of hydrogen-bond acceptors (Lipinski definition) is 2. The van der Waals surface area contributed by atoms with Gasteiger partial charge in [-0.15, -0.1) is 0 Å². The Balaban J connectivity index is 2.30. The van der Waals surface area contributed by atoms with Crippen molar-refractivity contribution in [1.82, 2.24) is 0 Å². The van der Waals surface area contributed by atoms with E-state index in [2.05, 4.69) is 0 Å². The molecule has 0 amide bonds. The molecule has 1 atom stereocenters. The Morgan fingerprint density at radius 3 is 1.22 bits per heavy atom. The standard InChI is InChI=1S/C21H20O2/c1-17(22)23-21(18-11-5-2-6-12-18,19-13-7-3-8-14-19)20-15-9-4-10-16-20/h2-17,22H,1H3. The molecule has 3 rings (SSSR count). The summed E-state index contributed by atoms with van der Waals surface area (Å²) in [7, 11) is 0. The Labute approximate surface area is 137 Å². The molecule has 0 aromatic heterocycles. The van der Waals surface area contributed by atoms with E-state index >= 15 is 0 Å². The average molecular weight is 304 g/mol. The van der Waals surface area contributed by atoms with Crippen molar-refractivity contribution >= 4 is 0 Å². The smallest absolute Gasteiger partial charge is 0.153 e. The first-order chi connectivity index (χ1) is 11.2. The number of ether oxygens (including phenoxy) is 1. The number of aliphatic hydroxyl groups excluding tert-OH is 1. The zero-order valence-corrected chi connectivity index (χ0v) is 13.1. The minimum absolute atomic E-state index is 0.849. The molecular weight excluding hydrogens is 284 g/mol. The lowest BCUT2D eigenvalue weighted by atomic mass is 9.80. The lowest BCUT2D eigenvalue weighted by molar-refractivity contribution is -0.147. The van der Waals surface area contributed by atoms with Crippen LogP contribution in [-0.2, 0) is 10.3 Å². The van der Waals surface area contributed by atoms with Crippen LogP contribution in [0.2, 0.25) is 0 Å². The van der Waals surface area contributed by atoms with Crippen molar-refractivity contribution in [2.24, 2.45) is 0 Å². The molecule has 3 aromatic carbocycles. The van der Waals surface area contributed by atoms with Gasteiger partial charge in [-0.05, 0) is 23.6 Å². The maximum atomic E-state index is 10.0. The van der Waals surface area contributed by atoms with E-state index in [1.54, 1.807) is 6.92 Å². The highest BCUT2D eigenvalue weighted by Crippen LogP contribution is 2.40. The first-order valence-corrected chi connectivity index (χ1v) is 7.76. The number of aliphatic hydroxyl groups is 1. The highest BCUT2D eigenvalue weighted by molar-refractivity contribution is 5.47. The van der Waals surface area contributed by atoms with E-state index in [0.29, 0.717) is 0 Å². The predicted octanol–water partition coefficient (Wildman–Crippen LogP) is 4.33. The first-order valence-electron chi connectivity index (χ1n) is 7.76. The molecule has 0 heterocycles. The fourth-order valence-corrected chi connectivity index (χ4v) is 2.98. The minimum Gasteiger partial charge on any atom is -0.368 e. The van der Waals surface area contributed by atoms with Crippen molar-refractivity contribution in [3.63, 3.8) is 0 Å². The van der Waals surface area contributed by atoms with Crippen molar-refractivity contribution in [2.75, 3.05) is 0 Å². The van der Waals surface area contributed by atoms with Gasteiger partial charge in [-0.2, -0.15) is 0 Å². The average Bonchev–Trinajstić information content (AvgIpc) is 2.62. The van der Waals surface area contributed by atoms with Crippen molar-refractivity contribution in [3.8, 4) is 0 Å². The van der Waals surface area contributed by atoms with Crippen LogP contribution in [0.25, 0.3) is 0 Å². The molecule has 1 N–H and O–H groups in total. The lowest BCUT2D eigenvalue weighted by Crippen LogP contribution is -2.36. The molecule has 0 aliphatic rings. The lowest BCUT2D eigenvalue weighted by Gasteiger charge is -2.36. The molecule has 0 saturated heterocycles. The molecular formula is C21H20O2. The van der Waals surface area contributed by atoms with E-state index in [1.807, 2.05) is 91.0 Å². The number of benzene rings is 3. The highest BCUT2D eigenvalue weighted by atomic mass is 16.6. The molecule has 0 saturated carbocycles. The molecule has 0 bridgehead atoms. The van der Waals surface area contributed by atoms with E-state index in [-0.39, 0.29) is 0 Å². The van der Waals surface area contributed by atoms with Crippen LogP contribution >= 0.6 is 0 Å². The molecule has 2 nitrogen and oxygen atoms in total. The summed E-state index contributed by atoms with van der Waals surface area (Å²) >= 11 is 0. The topological polar surface area (TPSA) is 29.5 Å². The third-order valence-corrected chi connectivity index (χ3v) is 3.89.